The van der Waals surface area contributed by atoms with Crippen molar-refractivity contribution in [2.75, 3.05) is 26.2 Å². The Balaban J connectivity index is 1.79. The molecular weight excluding hydrogens is 360 g/mol. The number of hydrogen-bond acceptors (Lipinski definition) is 3. The van der Waals surface area contributed by atoms with Gasteiger partial charge in [-0.1, -0.05) is 34.1 Å². The van der Waals surface area contributed by atoms with Gasteiger partial charge < -0.3 is 15.0 Å². The molecule has 126 valence electrons. The molecule has 0 radical (unpaired) electrons. The minimum absolute atomic E-state index is 0.106. The molecule has 0 aromatic heterocycles. The van der Waals surface area contributed by atoms with E-state index in [-0.39, 0.29) is 17.9 Å². The minimum atomic E-state index is -0.197. The van der Waals surface area contributed by atoms with Crippen molar-refractivity contribution in [2.24, 2.45) is 5.92 Å². The molecule has 23 heavy (non-hydrogen) atoms. The standard InChI is InChI=1S/C17H23BrN2O3/c1-2-23-16(21)14-7-5-11-20(12-14)17(22)19-10-9-13-6-3-4-8-15(13)18/h3-4,6,8,14H,2,5,7,9-12H2,1H3,(H,19,22). The van der Waals surface area contributed by atoms with Gasteiger partial charge in [0, 0.05) is 24.1 Å². The minimum Gasteiger partial charge on any atom is -0.466 e. The molecule has 1 aromatic rings. The van der Waals surface area contributed by atoms with Crippen molar-refractivity contribution in [1.82, 2.24) is 10.2 Å². The number of nitrogens with one attached hydrogen (secondary N) is 1. The summed E-state index contributed by atoms with van der Waals surface area (Å²) in [5, 5.41) is 2.93. The van der Waals surface area contributed by atoms with Gasteiger partial charge in [-0.25, -0.2) is 4.79 Å². The number of carbonyl (C=O) groups is 2. The fraction of sp³-hybridized carbons (Fsp3) is 0.529. The highest BCUT2D eigenvalue weighted by Gasteiger charge is 2.29. The predicted molar refractivity (Wildman–Crippen MR) is 92.2 cm³/mol. The second-order valence-electron chi connectivity index (χ2n) is 5.61. The zero-order valence-electron chi connectivity index (χ0n) is 13.4. The predicted octanol–water partition coefficient (Wildman–Crippen LogP) is 2.98. The van der Waals surface area contributed by atoms with Crippen LogP contribution in [0.25, 0.3) is 0 Å². The normalized spacial score (nSPS) is 17.7. The number of urea groups is 1. The summed E-state index contributed by atoms with van der Waals surface area (Å²) in [6, 6.07) is 7.87. The topological polar surface area (TPSA) is 58.6 Å². The van der Waals surface area contributed by atoms with Crippen LogP contribution in [0.1, 0.15) is 25.3 Å². The third-order valence-corrected chi connectivity index (χ3v) is 4.73. The Hall–Kier alpha value is -1.56. The van der Waals surface area contributed by atoms with Gasteiger partial charge >= 0.3 is 12.0 Å². The van der Waals surface area contributed by atoms with Crippen LogP contribution in [0.5, 0.6) is 0 Å². The zero-order valence-corrected chi connectivity index (χ0v) is 15.0. The highest BCUT2D eigenvalue weighted by atomic mass is 79.9. The van der Waals surface area contributed by atoms with Crippen LogP contribution in [0.15, 0.2) is 28.7 Å². The molecule has 1 aliphatic heterocycles. The van der Waals surface area contributed by atoms with Crippen LogP contribution in [-0.4, -0.2) is 43.1 Å². The summed E-state index contributed by atoms with van der Waals surface area (Å²) in [6.07, 6.45) is 2.39. The Bertz CT molecular complexity index is 550. The molecule has 0 bridgehead atoms. The maximum Gasteiger partial charge on any atom is 0.317 e. The van der Waals surface area contributed by atoms with E-state index in [1.54, 1.807) is 11.8 Å². The molecule has 0 aliphatic carbocycles. The van der Waals surface area contributed by atoms with Crippen LogP contribution < -0.4 is 5.32 Å². The van der Waals surface area contributed by atoms with Crippen LogP contribution in [0.3, 0.4) is 0 Å². The Morgan fingerprint density at radius 3 is 2.91 bits per heavy atom. The number of likely N-dealkylation sites (tertiary alicyclic amines) is 1. The second-order valence-corrected chi connectivity index (χ2v) is 6.46. The Kier molecular flexibility index (Phi) is 6.89. The molecule has 1 N–H and O–H groups in total. The van der Waals surface area contributed by atoms with Gasteiger partial charge in [0.1, 0.15) is 0 Å². The average Bonchev–Trinajstić information content (AvgIpc) is 2.57. The quantitative estimate of drug-likeness (QED) is 0.796. The number of piperidine rings is 1. The van der Waals surface area contributed by atoms with Crippen molar-refractivity contribution >= 4 is 27.9 Å². The number of amides is 2. The van der Waals surface area contributed by atoms with E-state index < -0.39 is 0 Å². The van der Waals surface area contributed by atoms with Crippen molar-refractivity contribution in [2.45, 2.75) is 26.2 Å². The molecule has 1 aliphatic rings. The lowest BCUT2D eigenvalue weighted by Crippen LogP contribution is -2.47. The molecule has 1 aromatic carbocycles. The first-order valence-electron chi connectivity index (χ1n) is 8.04. The number of nitrogens with zero attached hydrogens (tertiary/aromatic N) is 1. The lowest BCUT2D eigenvalue weighted by Gasteiger charge is -2.31. The fourth-order valence-electron chi connectivity index (χ4n) is 2.73. The van der Waals surface area contributed by atoms with Gasteiger partial charge in [-0.15, -0.1) is 0 Å². The van der Waals surface area contributed by atoms with Crippen LogP contribution in [0, 0.1) is 5.92 Å². The van der Waals surface area contributed by atoms with Gasteiger partial charge in [-0.2, -0.15) is 0 Å². The van der Waals surface area contributed by atoms with Crippen molar-refractivity contribution in [3.8, 4) is 0 Å². The van der Waals surface area contributed by atoms with Gasteiger partial charge in [0.15, 0.2) is 0 Å². The molecule has 1 atom stereocenters. The summed E-state index contributed by atoms with van der Waals surface area (Å²) >= 11 is 3.50. The molecule has 0 saturated carbocycles. The molecule has 2 amide bonds. The largest absolute Gasteiger partial charge is 0.466 e. The van der Waals surface area contributed by atoms with Crippen LogP contribution in [0.4, 0.5) is 4.79 Å². The van der Waals surface area contributed by atoms with Crippen LogP contribution >= 0.6 is 15.9 Å². The van der Waals surface area contributed by atoms with E-state index in [0.717, 1.165) is 29.3 Å². The molecule has 1 heterocycles. The van der Waals surface area contributed by atoms with Crippen molar-refractivity contribution < 1.29 is 14.3 Å². The number of carbonyl (C=O) groups excluding carboxylic acids is 2. The number of benzene rings is 1. The summed E-state index contributed by atoms with van der Waals surface area (Å²) in [4.78, 5) is 25.8. The Morgan fingerprint density at radius 2 is 2.17 bits per heavy atom. The first-order chi connectivity index (χ1) is 11.1. The van der Waals surface area contributed by atoms with E-state index in [1.165, 1.54) is 0 Å². The van der Waals surface area contributed by atoms with E-state index in [0.29, 0.717) is 26.2 Å². The molecule has 6 heteroatoms. The maximum atomic E-state index is 12.3. The van der Waals surface area contributed by atoms with Gasteiger partial charge in [-0.3, -0.25) is 4.79 Å². The number of ether oxygens (including phenoxy) is 1. The molecular formula is C17H23BrN2O3. The molecule has 1 saturated heterocycles. The SMILES string of the molecule is CCOC(=O)C1CCCN(C(=O)NCCc2ccccc2Br)C1. The van der Waals surface area contributed by atoms with Crippen molar-refractivity contribution in [3.63, 3.8) is 0 Å². The van der Waals surface area contributed by atoms with Gasteiger partial charge in [0.2, 0.25) is 0 Å². The first-order valence-corrected chi connectivity index (χ1v) is 8.84. The molecule has 1 unspecified atom stereocenters. The van der Waals surface area contributed by atoms with Gasteiger partial charge in [-0.05, 0) is 37.8 Å². The monoisotopic (exact) mass is 382 g/mol. The first kappa shape index (κ1) is 17.8. The van der Waals surface area contributed by atoms with E-state index >= 15 is 0 Å². The van der Waals surface area contributed by atoms with E-state index in [9.17, 15) is 9.59 Å². The number of rotatable bonds is 5. The molecule has 2 rings (SSSR count). The number of hydrogen-bond donors (Lipinski definition) is 1. The summed E-state index contributed by atoms with van der Waals surface area (Å²) in [6.45, 7) is 3.89. The number of halogens is 1. The fourth-order valence-corrected chi connectivity index (χ4v) is 3.21. The average molecular weight is 383 g/mol. The van der Waals surface area contributed by atoms with E-state index in [4.69, 9.17) is 4.74 Å². The third kappa shape index (κ3) is 5.23. The second kappa shape index (κ2) is 8.91. The van der Waals surface area contributed by atoms with Crippen molar-refractivity contribution in [3.05, 3.63) is 34.3 Å². The van der Waals surface area contributed by atoms with E-state index in [2.05, 4.69) is 21.2 Å². The number of esters is 1. The van der Waals surface area contributed by atoms with Gasteiger partial charge in [0.25, 0.3) is 0 Å². The zero-order chi connectivity index (χ0) is 16.7. The Morgan fingerprint density at radius 1 is 1.39 bits per heavy atom. The molecule has 0 spiro atoms. The Labute approximate surface area is 145 Å². The summed E-state index contributed by atoms with van der Waals surface area (Å²) in [7, 11) is 0. The highest BCUT2D eigenvalue weighted by Crippen LogP contribution is 2.18. The smallest absolute Gasteiger partial charge is 0.317 e. The lowest BCUT2D eigenvalue weighted by molar-refractivity contribution is -0.149. The van der Waals surface area contributed by atoms with Crippen molar-refractivity contribution in [1.29, 1.82) is 0 Å². The van der Waals surface area contributed by atoms with Gasteiger partial charge in [0.05, 0.1) is 12.5 Å². The molecule has 1 fully saturated rings. The third-order valence-electron chi connectivity index (χ3n) is 3.96. The summed E-state index contributed by atoms with van der Waals surface area (Å²) in [5.41, 5.74) is 1.16. The van der Waals surface area contributed by atoms with Crippen LogP contribution in [-0.2, 0) is 16.0 Å². The van der Waals surface area contributed by atoms with Crippen LogP contribution in [0.2, 0.25) is 0 Å². The maximum absolute atomic E-state index is 12.3. The lowest BCUT2D eigenvalue weighted by atomic mass is 9.98. The highest BCUT2D eigenvalue weighted by molar-refractivity contribution is 9.10. The summed E-state index contributed by atoms with van der Waals surface area (Å²) < 4.78 is 6.11. The molecule has 5 nitrogen and oxygen atoms in total. The van der Waals surface area contributed by atoms with E-state index in [1.807, 2.05) is 24.3 Å². The summed E-state index contributed by atoms with van der Waals surface area (Å²) in [5.74, 6) is -0.393.